The van der Waals surface area contributed by atoms with Gasteiger partial charge in [-0.25, -0.2) is 0 Å². The highest BCUT2D eigenvalue weighted by molar-refractivity contribution is 8.13. The normalized spacial score (nSPS) is 11.6. The van der Waals surface area contributed by atoms with E-state index in [9.17, 15) is 14.4 Å². The summed E-state index contributed by atoms with van der Waals surface area (Å²) < 4.78 is 10.7. The third kappa shape index (κ3) is 34.1. The van der Waals surface area contributed by atoms with Crippen LogP contribution in [0, 0.1) is 0 Å². The second-order valence-electron chi connectivity index (χ2n) is 13.3. The van der Waals surface area contributed by atoms with E-state index in [-0.39, 0.29) is 17.2 Å². The summed E-state index contributed by atoms with van der Waals surface area (Å²) in [7, 11) is 4.03. The Morgan fingerprint density at radius 2 is 0.938 bits per heavy atom. The number of nitrogens with zero attached hydrogens (tertiary/aromatic N) is 2. The van der Waals surface area contributed by atoms with Crippen LogP contribution in [-0.2, 0) is 19.1 Å². The van der Waals surface area contributed by atoms with Gasteiger partial charge in [0.2, 0.25) is 0 Å². The molecule has 0 N–H and O–H groups in total. The molecule has 7 nitrogen and oxygen atoms in total. The van der Waals surface area contributed by atoms with E-state index in [0.29, 0.717) is 39.1 Å². The Kier molecular flexibility index (Phi) is 35.1. The van der Waals surface area contributed by atoms with Gasteiger partial charge in [0.05, 0.1) is 0 Å². The summed E-state index contributed by atoms with van der Waals surface area (Å²) in [6, 6.07) is 0. The monoisotopic (exact) mass is 695 g/mol. The number of carbonyl (C=O) groups excluding carboxylic acids is 3. The first-order chi connectivity index (χ1) is 23.4. The smallest absolute Gasteiger partial charge is 0.306 e. The fraction of sp³-hybridized carbons (Fsp3) is 0.825. The standard InChI is InChI=1S/C40H74N2O5S/c1-5-7-9-11-13-15-17-19-21-29-36-47-39(44)31-25-23-27-33-42(40(45)48-37-34-41(3)4)32-26-22-24-30-38(43)46-35-28-20-18-16-14-12-10-8-6-2/h20-21,28-29H,5-19,22-27,30-37H2,1-4H3/b28-20-,29-21-. The summed E-state index contributed by atoms with van der Waals surface area (Å²) in [6.07, 6.45) is 33.0. The van der Waals surface area contributed by atoms with Gasteiger partial charge in [0.1, 0.15) is 13.2 Å². The Hall–Kier alpha value is -1.80. The zero-order valence-electron chi connectivity index (χ0n) is 31.7. The molecule has 0 unspecified atom stereocenters. The van der Waals surface area contributed by atoms with Gasteiger partial charge in [0, 0.05) is 38.2 Å². The third-order valence-corrected chi connectivity index (χ3v) is 9.25. The molecule has 0 rings (SSSR count). The Labute approximate surface area is 300 Å². The first kappa shape index (κ1) is 46.2. The molecule has 0 radical (unpaired) electrons. The topological polar surface area (TPSA) is 76.1 Å². The molecular weight excluding hydrogens is 621 g/mol. The number of hydrogen-bond acceptors (Lipinski definition) is 7. The van der Waals surface area contributed by atoms with Crippen LogP contribution in [-0.4, -0.2) is 79.7 Å². The number of thioether (sulfide) groups is 1. The van der Waals surface area contributed by atoms with Crippen molar-refractivity contribution in [1.29, 1.82) is 0 Å². The predicted octanol–water partition coefficient (Wildman–Crippen LogP) is 10.9. The van der Waals surface area contributed by atoms with Gasteiger partial charge in [-0.2, -0.15) is 0 Å². The summed E-state index contributed by atoms with van der Waals surface area (Å²) in [6.45, 7) is 7.44. The highest BCUT2D eigenvalue weighted by Gasteiger charge is 2.14. The molecule has 0 aliphatic rings. The zero-order chi connectivity index (χ0) is 35.3. The van der Waals surface area contributed by atoms with Crippen molar-refractivity contribution in [2.75, 3.05) is 52.7 Å². The van der Waals surface area contributed by atoms with Gasteiger partial charge >= 0.3 is 11.9 Å². The van der Waals surface area contributed by atoms with Gasteiger partial charge in [-0.1, -0.05) is 133 Å². The van der Waals surface area contributed by atoms with E-state index >= 15 is 0 Å². The average Bonchev–Trinajstić information content (AvgIpc) is 3.06. The van der Waals surface area contributed by atoms with Crippen LogP contribution in [0.4, 0.5) is 4.79 Å². The molecule has 0 fully saturated rings. The molecule has 0 aliphatic carbocycles. The second kappa shape index (κ2) is 36.5. The molecule has 48 heavy (non-hydrogen) atoms. The molecule has 0 atom stereocenters. The van der Waals surface area contributed by atoms with E-state index in [1.165, 1.54) is 95.2 Å². The van der Waals surface area contributed by atoms with Crippen LogP contribution in [0.15, 0.2) is 24.3 Å². The van der Waals surface area contributed by atoms with E-state index in [4.69, 9.17) is 9.47 Å². The minimum atomic E-state index is -0.149. The van der Waals surface area contributed by atoms with Crippen LogP contribution >= 0.6 is 11.8 Å². The first-order valence-electron chi connectivity index (χ1n) is 19.6. The van der Waals surface area contributed by atoms with Gasteiger partial charge in [0.25, 0.3) is 5.24 Å². The van der Waals surface area contributed by atoms with Gasteiger partial charge in [-0.05, 0) is 65.5 Å². The number of unbranched alkanes of at least 4 members (excludes halogenated alkanes) is 17. The van der Waals surface area contributed by atoms with Crippen molar-refractivity contribution < 1.29 is 23.9 Å². The number of esters is 2. The van der Waals surface area contributed by atoms with Crippen LogP contribution in [0.5, 0.6) is 0 Å². The molecule has 0 bridgehead atoms. The lowest BCUT2D eigenvalue weighted by Crippen LogP contribution is -2.31. The van der Waals surface area contributed by atoms with Crippen molar-refractivity contribution in [1.82, 2.24) is 9.80 Å². The van der Waals surface area contributed by atoms with E-state index in [1.807, 2.05) is 31.1 Å². The predicted molar refractivity (Wildman–Crippen MR) is 206 cm³/mol. The number of amides is 1. The second-order valence-corrected chi connectivity index (χ2v) is 14.3. The van der Waals surface area contributed by atoms with Gasteiger partial charge < -0.3 is 19.3 Å². The molecule has 280 valence electrons. The zero-order valence-corrected chi connectivity index (χ0v) is 32.5. The summed E-state index contributed by atoms with van der Waals surface area (Å²) in [4.78, 5) is 41.2. The molecule has 1 amide bonds. The highest BCUT2D eigenvalue weighted by Crippen LogP contribution is 2.14. The molecule has 0 saturated heterocycles. The van der Waals surface area contributed by atoms with Crippen LogP contribution in [0.1, 0.15) is 162 Å². The van der Waals surface area contributed by atoms with Crippen LogP contribution in [0.25, 0.3) is 0 Å². The number of ether oxygens (including phenoxy) is 2. The Morgan fingerprint density at radius 1 is 0.521 bits per heavy atom. The lowest BCUT2D eigenvalue weighted by Gasteiger charge is -2.22. The average molecular weight is 695 g/mol. The molecule has 0 aliphatic heterocycles. The molecule has 0 saturated carbocycles. The Bertz CT molecular complexity index is 817. The van der Waals surface area contributed by atoms with Crippen molar-refractivity contribution in [3.05, 3.63) is 24.3 Å². The maximum Gasteiger partial charge on any atom is 0.306 e. The first-order valence-corrected chi connectivity index (χ1v) is 20.6. The molecule has 0 spiro atoms. The Balaban J connectivity index is 4.12. The molecule has 0 heterocycles. The lowest BCUT2D eigenvalue weighted by atomic mass is 10.1. The molecule has 0 aromatic rings. The fourth-order valence-electron chi connectivity index (χ4n) is 5.26. The number of hydrogen-bond donors (Lipinski definition) is 0. The Morgan fingerprint density at radius 3 is 1.38 bits per heavy atom. The minimum absolute atomic E-state index is 0.117. The van der Waals surface area contributed by atoms with Crippen LogP contribution in [0.3, 0.4) is 0 Å². The van der Waals surface area contributed by atoms with E-state index in [1.54, 1.807) is 0 Å². The summed E-state index contributed by atoms with van der Waals surface area (Å²) in [5.74, 6) is 0.468. The quantitative estimate of drug-likeness (QED) is 0.0377. The number of rotatable bonds is 34. The maximum absolute atomic E-state index is 12.9. The van der Waals surface area contributed by atoms with E-state index in [2.05, 4.69) is 30.9 Å². The van der Waals surface area contributed by atoms with Crippen molar-refractivity contribution in [3.8, 4) is 0 Å². The largest absolute Gasteiger partial charge is 0.461 e. The summed E-state index contributed by atoms with van der Waals surface area (Å²) in [5.41, 5.74) is 0. The summed E-state index contributed by atoms with van der Waals surface area (Å²) >= 11 is 1.38. The fourth-order valence-corrected chi connectivity index (χ4v) is 6.26. The van der Waals surface area contributed by atoms with Crippen LogP contribution < -0.4 is 0 Å². The number of allylic oxidation sites excluding steroid dienone is 2. The lowest BCUT2D eigenvalue weighted by molar-refractivity contribution is -0.143. The molecule has 0 aromatic heterocycles. The van der Waals surface area contributed by atoms with Crippen molar-refractivity contribution in [2.24, 2.45) is 0 Å². The van der Waals surface area contributed by atoms with Crippen LogP contribution in [0.2, 0.25) is 0 Å². The molecular formula is C40H74N2O5S. The van der Waals surface area contributed by atoms with Gasteiger partial charge in [-0.15, -0.1) is 0 Å². The van der Waals surface area contributed by atoms with E-state index in [0.717, 1.165) is 63.7 Å². The molecule has 8 heteroatoms. The van der Waals surface area contributed by atoms with Gasteiger partial charge in [-0.3, -0.25) is 14.4 Å². The number of carbonyl (C=O) groups is 3. The van der Waals surface area contributed by atoms with E-state index < -0.39 is 0 Å². The maximum atomic E-state index is 12.9. The summed E-state index contributed by atoms with van der Waals surface area (Å²) in [5, 5.41) is 0.117. The van der Waals surface area contributed by atoms with Gasteiger partial charge in [0.15, 0.2) is 0 Å². The van der Waals surface area contributed by atoms with Crippen molar-refractivity contribution in [2.45, 2.75) is 162 Å². The highest BCUT2D eigenvalue weighted by atomic mass is 32.2. The third-order valence-electron chi connectivity index (χ3n) is 8.35. The minimum Gasteiger partial charge on any atom is -0.461 e. The van der Waals surface area contributed by atoms with Crippen molar-refractivity contribution >= 4 is 28.9 Å². The SMILES string of the molecule is CCCCCCCC/C=C\COC(=O)CCCCCN(CCCCCC(=O)OC/C=C\CCCCCCCCC)C(=O)SCCN(C)C. The molecule has 0 aromatic carbocycles. The van der Waals surface area contributed by atoms with Crippen molar-refractivity contribution in [3.63, 3.8) is 0 Å².